The van der Waals surface area contributed by atoms with Crippen LogP contribution in [0.5, 0.6) is 0 Å². The van der Waals surface area contributed by atoms with E-state index in [4.69, 9.17) is 11.6 Å². The first-order valence-corrected chi connectivity index (χ1v) is 4.73. The molecule has 7 heteroatoms. The molecule has 0 radical (unpaired) electrons. The van der Waals surface area contributed by atoms with Crippen LogP contribution >= 0.6 is 11.6 Å². The molecule has 0 aliphatic rings. The molecule has 86 valence electrons. The van der Waals surface area contributed by atoms with Gasteiger partial charge in [0.2, 0.25) is 0 Å². The quantitative estimate of drug-likeness (QED) is 0.817. The molecule has 0 saturated heterocycles. The molecule has 1 N–H and O–H groups in total. The zero-order chi connectivity index (χ0) is 11.5. The van der Waals surface area contributed by atoms with Gasteiger partial charge in [-0.2, -0.15) is 18.3 Å². The number of hydrogen-bond donors (Lipinski definition) is 1. The smallest absolute Gasteiger partial charge is 0.307 e. The van der Waals surface area contributed by atoms with Gasteiger partial charge in [-0.3, -0.25) is 4.68 Å². The second kappa shape index (κ2) is 4.85. The average Bonchev–Trinajstić information content (AvgIpc) is 2.39. The van der Waals surface area contributed by atoms with Crippen molar-refractivity contribution in [2.75, 3.05) is 13.1 Å². The maximum Gasteiger partial charge on any atom is 0.401 e. The van der Waals surface area contributed by atoms with E-state index in [1.807, 2.05) is 0 Å². The Morgan fingerprint density at radius 2 is 2.20 bits per heavy atom. The summed E-state index contributed by atoms with van der Waals surface area (Å²) in [6.45, 7) is 1.32. The van der Waals surface area contributed by atoms with Gasteiger partial charge in [-0.05, 0) is 6.92 Å². The Balaban J connectivity index is 2.26. The van der Waals surface area contributed by atoms with E-state index in [0.717, 1.165) is 0 Å². The van der Waals surface area contributed by atoms with Crippen LogP contribution in [0.1, 0.15) is 5.69 Å². The topological polar surface area (TPSA) is 29.9 Å². The zero-order valence-electron chi connectivity index (χ0n) is 8.10. The lowest BCUT2D eigenvalue weighted by Gasteiger charge is -2.07. The minimum absolute atomic E-state index is 0.205. The van der Waals surface area contributed by atoms with E-state index in [1.54, 1.807) is 13.1 Å². The molecule has 1 aromatic heterocycles. The molecule has 0 aliphatic heterocycles. The molecule has 15 heavy (non-hydrogen) atoms. The van der Waals surface area contributed by atoms with Crippen LogP contribution in [0.15, 0.2) is 6.20 Å². The summed E-state index contributed by atoms with van der Waals surface area (Å²) >= 11 is 5.73. The van der Waals surface area contributed by atoms with Crippen molar-refractivity contribution >= 4 is 11.6 Å². The van der Waals surface area contributed by atoms with Crippen molar-refractivity contribution in [1.82, 2.24) is 15.1 Å². The summed E-state index contributed by atoms with van der Waals surface area (Å²) in [5, 5.41) is 6.80. The zero-order valence-corrected chi connectivity index (χ0v) is 8.86. The Morgan fingerprint density at radius 3 is 2.67 bits per heavy atom. The minimum Gasteiger partial charge on any atom is -0.307 e. The Labute approximate surface area is 90.2 Å². The highest BCUT2D eigenvalue weighted by Crippen LogP contribution is 2.13. The summed E-state index contributed by atoms with van der Waals surface area (Å²) in [6.07, 6.45) is -2.58. The van der Waals surface area contributed by atoms with Gasteiger partial charge in [-0.15, -0.1) is 0 Å². The predicted octanol–water partition coefficient (Wildman–Crippen LogP) is 2.00. The second-order valence-corrected chi connectivity index (χ2v) is 3.52. The van der Waals surface area contributed by atoms with Crippen LogP contribution in [0, 0.1) is 6.92 Å². The van der Waals surface area contributed by atoms with Crippen LogP contribution in [-0.4, -0.2) is 29.0 Å². The van der Waals surface area contributed by atoms with Crippen LogP contribution < -0.4 is 5.32 Å². The highest BCUT2D eigenvalue weighted by molar-refractivity contribution is 6.31. The van der Waals surface area contributed by atoms with E-state index in [-0.39, 0.29) is 6.54 Å². The van der Waals surface area contributed by atoms with Crippen LogP contribution in [-0.2, 0) is 6.54 Å². The normalized spacial score (nSPS) is 12.1. The van der Waals surface area contributed by atoms with Gasteiger partial charge in [0.1, 0.15) is 0 Å². The van der Waals surface area contributed by atoms with E-state index in [1.165, 1.54) is 4.68 Å². The van der Waals surface area contributed by atoms with Gasteiger partial charge in [-0.1, -0.05) is 11.6 Å². The van der Waals surface area contributed by atoms with Crippen LogP contribution in [0.3, 0.4) is 0 Å². The van der Waals surface area contributed by atoms with E-state index in [2.05, 4.69) is 10.4 Å². The van der Waals surface area contributed by atoms with Crippen LogP contribution in [0.25, 0.3) is 0 Å². The largest absolute Gasteiger partial charge is 0.401 e. The molecule has 0 aliphatic carbocycles. The lowest BCUT2D eigenvalue weighted by atomic mass is 10.5. The van der Waals surface area contributed by atoms with Crippen LogP contribution in [0.2, 0.25) is 5.02 Å². The number of rotatable bonds is 4. The summed E-state index contributed by atoms with van der Waals surface area (Å²) in [5.41, 5.74) is 0.674. The number of halogens is 4. The van der Waals surface area contributed by atoms with E-state index >= 15 is 0 Å². The Kier molecular flexibility index (Phi) is 3.98. The number of hydrogen-bond acceptors (Lipinski definition) is 2. The first kappa shape index (κ1) is 12.3. The maximum absolute atomic E-state index is 11.7. The van der Waals surface area contributed by atoms with E-state index in [0.29, 0.717) is 17.3 Å². The van der Waals surface area contributed by atoms with Crippen molar-refractivity contribution in [2.24, 2.45) is 0 Å². The minimum atomic E-state index is -4.17. The number of aromatic nitrogens is 2. The SMILES string of the molecule is Cc1nn(CCNCC(F)(F)F)cc1Cl. The first-order valence-electron chi connectivity index (χ1n) is 4.35. The number of nitrogens with one attached hydrogen (secondary N) is 1. The summed E-state index contributed by atoms with van der Waals surface area (Å²) in [7, 11) is 0. The van der Waals surface area contributed by atoms with Crippen molar-refractivity contribution in [3.63, 3.8) is 0 Å². The fourth-order valence-corrected chi connectivity index (χ4v) is 1.18. The molecule has 0 amide bonds. The van der Waals surface area contributed by atoms with Crippen molar-refractivity contribution < 1.29 is 13.2 Å². The summed E-state index contributed by atoms with van der Waals surface area (Å²) in [6, 6.07) is 0. The average molecular weight is 242 g/mol. The molecule has 0 bridgehead atoms. The van der Waals surface area contributed by atoms with Gasteiger partial charge < -0.3 is 5.32 Å². The molecule has 1 heterocycles. The third-order valence-electron chi connectivity index (χ3n) is 1.73. The van der Waals surface area contributed by atoms with Gasteiger partial charge in [0, 0.05) is 12.7 Å². The molecular weight excluding hydrogens is 231 g/mol. The van der Waals surface area contributed by atoms with E-state index in [9.17, 15) is 13.2 Å². The van der Waals surface area contributed by atoms with Gasteiger partial charge in [-0.25, -0.2) is 0 Å². The summed E-state index contributed by atoms with van der Waals surface area (Å²) < 4.78 is 36.7. The fourth-order valence-electron chi connectivity index (χ4n) is 1.03. The Morgan fingerprint density at radius 1 is 1.53 bits per heavy atom. The fraction of sp³-hybridized carbons (Fsp3) is 0.625. The molecule has 1 aromatic rings. The molecule has 3 nitrogen and oxygen atoms in total. The highest BCUT2D eigenvalue weighted by Gasteiger charge is 2.25. The maximum atomic E-state index is 11.7. The van der Waals surface area contributed by atoms with Gasteiger partial charge in [0.15, 0.2) is 0 Å². The second-order valence-electron chi connectivity index (χ2n) is 3.12. The number of alkyl halides is 3. The van der Waals surface area contributed by atoms with Gasteiger partial charge >= 0.3 is 6.18 Å². The highest BCUT2D eigenvalue weighted by atomic mass is 35.5. The van der Waals surface area contributed by atoms with Crippen molar-refractivity contribution in [3.8, 4) is 0 Å². The standard InChI is InChI=1S/C8H11ClF3N3/c1-6-7(9)4-15(14-6)3-2-13-5-8(10,11)12/h4,13H,2-3,5H2,1H3. The lowest BCUT2D eigenvalue weighted by Crippen LogP contribution is -2.31. The molecule has 1 rings (SSSR count). The van der Waals surface area contributed by atoms with E-state index < -0.39 is 12.7 Å². The Bertz CT molecular complexity index is 302. The van der Waals surface area contributed by atoms with Gasteiger partial charge in [0.25, 0.3) is 0 Å². The summed E-state index contributed by atoms with van der Waals surface area (Å²) in [5.74, 6) is 0. The molecule has 0 saturated carbocycles. The number of aryl methyl sites for hydroxylation is 1. The first-order chi connectivity index (χ1) is 6.88. The molecular formula is C8H11ClF3N3. The van der Waals surface area contributed by atoms with Crippen molar-refractivity contribution in [1.29, 1.82) is 0 Å². The third kappa shape index (κ3) is 4.53. The Hall–Kier alpha value is -0.750. The number of nitrogens with zero attached hydrogens (tertiary/aromatic N) is 2. The molecule has 0 aromatic carbocycles. The van der Waals surface area contributed by atoms with Crippen molar-refractivity contribution in [2.45, 2.75) is 19.6 Å². The monoisotopic (exact) mass is 241 g/mol. The molecule has 0 fully saturated rings. The third-order valence-corrected chi connectivity index (χ3v) is 2.10. The van der Waals surface area contributed by atoms with Gasteiger partial charge in [0.05, 0.1) is 23.8 Å². The molecule has 0 unspecified atom stereocenters. The summed E-state index contributed by atoms with van der Waals surface area (Å²) in [4.78, 5) is 0. The predicted molar refractivity (Wildman–Crippen MR) is 50.9 cm³/mol. The van der Waals surface area contributed by atoms with Crippen LogP contribution in [0.4, 0.5) is 13.2 Å². The molecule has 0 spiro atoms. The van der Waals surface area contributed by atoms with Crippen molar-refractivity contribution in [3.05, 3.63) is 16.9 Å². The lowest BCUT2D eigenvalue weighted by molar-refractivity contribution is -0.124. The molecule has 0 atom stereocenters.